The highest BCUT2D eigenvalue weighted by molar-refractivity contribution is 7.98. The van der Waals surface area contributed by atoms with Crippen molar-refractivity contribution in [2.24, 2.45) is 0 Å². The van der Waals surface area contributed by atoms with E-state index in [2.05, 4.69) is 37.3 Å². The number of nitrogens with one attached hydrogen (secondary N) is 1. The van der Waals surface area contributed by atoms with Gasteiger partial charge in [-0.25, -0.2) is 9.97 Å². The van der Waals surface area contributed by atoms with Gasteiger partial charge in [0.05, 0.1) is 23.1 Å². The topological polar surface area (TPSA) is 87.4 Å². The van der Waals surface area contributed by atoms with Crippen molar-refractivity contribution in [1.82, 2.24) is 20.0 Å². The van der Waals surface area contributed by atoms with Crippen molar-refractivity contribution >= 4 is 29.2 Å². The number of nitrogens with zero attached hydrogens (tertiary/aromatic N) is 5. The maximum Gasteiger partial charge on any atom is 0.258 e. The van der Waals surface area contributed by atoms with Crippen molar-refractivity contribution in [2.45, 2.75) is 17.7 Å². The Bertz CT molecular complexity index is 999. The van der Waals surface area contributed by atoms with Gasteiger partial charge in [0.15, 0.2) is 0 Å². The van der Waals surface area contributed by atoms with Gasteiger partial charge in [0.2, 0.25) is 0 Å². The van der Waals surface area contributed by atoms with Gasteiger partial charge in [-0.15, -0.1) is 0 Å². The molecule has 30 heavy (non-hydrogen) atoms. The first-order valence-corrected chi connectivity index (χ1v) is 10.8. The highest BCUT2D eigenvalue weighted by atomic mass is 32.2. The van der Waals surface area contributed by atoms with E-state index in [1.54, 1.807) is 24.5 Å². The average Bonchev–Trinajstić information content (AvgIpc) is 3.19. The summed E-state index contributed by atoms with van der Waals surface area (Å²) in [4.78, 5) is 26.3. The van der Waals surface area contributed by atoms with E-state index in [9.17, 15) is 4.79 Å². The Labute approximate surface area is 179 Å². The number of anilines is 2. The van der Waals surface area contributed by atoms with Gasteiger partial charge in [0.25, 0.3) is 5.91 Å². The summed E-state index contributed by atoms with van der Waals surface area (Å²) in [5, 5.41) is 7.56. The third kappa shape index (κ3) is 4.98. The fraction of sp³-hybridized carbons (Fsp3) is 0.333. The molecular weight excluding hydrogens is 400 g/mol. The molecule has 3 aromatic rings. The molecule has 0 saturated carbocycles. The Balaban J connectivity index is 1.40. The predicted octanol–water partition coefficient (Wildman–Crippen LogP) is 3.07. The van der Waals surface area contributed by atoms with E-state index in [1.165, 1.54) is 11.8 Å². The number of carbonyl (C=O) groups is 1. The Morgan fingerprint density at radius 3 is 2.73 bits per heavy atom. The molecule has 4 heterocycles. The number of carbonyl (C=O) groups excluding carboxylic acids is 1. The van der Waals surface area contributed by atoms with Crippen molar-refractivity contribution in [3.8, 4) is 0 Å². The number of likely N-dealkylation sites (N-methyl/N-ethyl adjacent to an activating group) is 1. The molecule has 1 fully saturated rings. The van der Waals surface area contributed by atoms with Crippen LogP contribution in [0.2, 0.25) is 0 Å². The first-order chi connectivity index (χ1) is 14.6. The molecule has 8 nitrogen and oxygen atoms in total. The van der Waals surface area contributed by atoms with E-state index >= 15 is 0 Å². The number of amides is 1. The molecule has 3 aromatic heterocycles. The number of rotatable bonds is 6. The van der Waals surface area contributed by atoms with E-state index in [0.717, 1.165) is 43.5 Å². The molecule has 0 aromatic carbocycles. The number of aryl methyl sites for hydroxylation is 1. The quantitative estimate of drug-likeness (QED) is 0.604. The summed E-state index contributed by atoms with van der Waals surface area (Å²) in [6.07, 6.45) is 3.38. The second-order valence-corrected chi connectivity index (χ2v) is 8.19. The third-order valence-corrected chi connectivity index (χ3v) is 5.92. The van der Waals surface area contributed by atoms with E-state index in [1.807, 2.05) is 25.1 Å². The fourth-order valence-corrected chi connectivity index (χ4v) is 4.06. The summed E-state index contributed by atoms with van der Waals surface area (Å²) < 4.78 is 5.09. The number of piperazine rings is 1. The van der Waals surface area contributed by atoms with Gasteiger partial charge in [0, 0.05) is 44.2 Å². The SMILES string of the molecule is Cc1cc(CSc2ncccc2C(=O)Nc2ccc(N3CCN(C)CC3)nc2)no1. The molecule has 4 rings (SSSR count). The number of hydrogen-bond donors (Lipinski definition) is 1. The van der Waals surface area contributed by atoms with Crippen LogP contribution in [0.1, 0.15) is 21.8 Å². The van der Waals surface area contributed by atoms with Gasteiger partial charge in [-0.3, -0.25) is 4.79 Å². The van der Waals surface area contributed by atoms with Crippen LogP contribution in [0.4, 0.5) is 11.5 Å². The molecule has 0 bridgehead atoms. The number of pyridine rings is 2. The van der Waals surface area contributed by atoms with E-state index in [4.69, 9.17) is 4.52 Å². The lowest BCUT2D eigenvalue weighted by molar-refractivity contribution is 0.102. The summed E-state index contributed by atoms with van der Waals surface area (Å²) in [7, 11) is 2.13. The summed E-state index contributed by atoms with van der Waals surface area (Å²) >= 11 is 1.45. The van der Waals surface area contributed by atoms with Crippen LogP contribution in [-0.2, 0) is 5.75 Å². The summed E-state index contributed by atoms with van der Waals surface area (Å²) in [6.45, 7) is 5.81. The zero-order valence-electron chi connectivity index (χ0n) is 17.0. The van der Waals surface area contributed by atoms with E-state index < -0.39 is 0 Å². The van der Waals surface area contributed by atoms with Crippen LogP contribution in [0.25, 0.3) is 0 Å². The Kier molecular flexibility index (Phi) is 6.29. The van der Waals surface area contributed by atoms with Gasteiger partial charge >= 0.3 is 0 Å². The lowest BCUT2D eigenvalue weighted by atomic mass is 10.2. The fourth-order valence-electron chi connectivity index (χ4n) is 3.19. The summed E-state index contributed by atoms with van der Waals surface area (Å²) in [5.41, 5.74) is 1.99. The molecule has 156 valence electrons. The summed E-state index contributed by atoms with van der Waals surface area (Å²) in [6, 6.07) is 9.24. The molecule has 0 radical (unpaired) electrons. The van der Waals surface area contributed by atoms with Gasteiger partial charge in [-0.2, -0.15) is 0 Å². The molecule has 1 aliphatic heterocycles. The highest BCUT2D eigenvalue weighted by Gasteiger charge is 2.17. The van der Waals surface area contributed by atoms with Crippen molar-refractivity contribution in [3.05, 3.63) is 59.7 Å². The highest BCUT2D eigenvalue weighted by Crippen LogP contribution is 2.25. The zero-order chi connectivity index (χ0) is 20.9. The molecule has 1 saturated heterocycles. The molecule has 1 aliphatic rings. The van der Waals surface area contributed by atoms with Crippen molar-refractivity contribution < 1.29 is 9.32 Å². The van der Waals surface area contributed by atoms with Crippen molar-refractivity contribution in [2.75, 3.05) is 43.4 Å². The van der Waals surface area contributed by atoms with Crippen LogP contribution < -0.4 is 10.2 Å². The van der Waals surface area contributed by atoms with Gasteiger partial charge in [-0.1, -0.05) is 16.9 Å². The van der Waals surface area contributed by atoms with Gasteiger partial charge in [0.1, 0.15) is 16.6 Å². The minimum atomic E-state index is -0.212. The van der Waals surface area contributed by atoms with Gasteiger partial charge in [-0.05, 0) is 38.2 Å². The van der Waals surface area contributed by atoms with Crippen LogP contribution in [0.15, 0.2) is 52.3 Å². The first-order valence-electron chi connectivity index (χ1n) is 9.79. The maximum atomic E-state index is 12.8. The normalized spacial score (nSPS) is 14.7. The standard InChI is InChI=1S/C21H24N6O2S/c1-15-12-17(25-29-15)14-30-21-18(4-3-7-22-21)20(28)24-16-5-6-19(23-13-16)27-10-8-26(2)9-11-27/h3-7,12-13H,8-11,14H2,1-2H3,(H,24,28). The second kappa shape index (κ2) is 9.27. The first kappa shape index (κ1) is 20.4. The minimum absolute atomic E-state index is 0.212. The molecule has 9 heteroatoms. The van der Waals surface area contributed by atoms with Crippen LogP contribution in [-0.4, -0.2) is 59.2 Å². The monoisotopic (exact) mass is 424 g/mol. The minimum Gasteiger partial charge on any atom is -0.361 e. The van der Waals surface area contributed by atoms with Crippen LogP contribution >= 0.6 is 11.8 Å². The maximum absolute atomic E-state index is 12.8. The molecule has 0 atom stereocenters. The number of hydrogen-bond acceptors (Lipinski definition) is 8. The molecule has 0 aliphatic carbocycles. The smallest absolute Gasteiger partial charge is 0.258 e. The average molecular weight is 425 g/mol. The molecule has 0 unspecified atom stereocenters. The van der Waals surface area contributed by atoms with E-state index in [0.29, 0.717) is 22.0 Å². The molecule has 0 spiro atoms. The van der Waals surface area contributed by atoms with E-state index in [-0.39, 0.29) is 5.91 Å². The van der Waals surface area contributed by atoms with Crippen LogP contribution in [0, 0.1) is 6.92 Å². The predicted molar refractivity (Wildman–Crippen MR) is 117 cm³/mol. The lowest BCUT2D eigenvalue weighted by Crippen LogP contribution is -2.44. The molecule has 1 amide bonds. The second-order valence-electron chi connectivity index (χ2n) is 7.22. The van der Waals surface area contributed by atoms with Crippen molar-refractivity contribution in [3.63, 3.8) is 0 Å². The van der Waals surface area contributed by atoms with Crippen molar-refractivity contribution in [1.29, 1.82) is 0 Å². The van der Waals surface area contributed by atoms with Crippen LogP contribution in [0.5, 0.6) is 0 Å². The van der Waals surface area contributed by atoms with Gasteiger partial charge < -0.3 is 19.6 Å². The molecular formula is C21H24N6O2S. The molecule has 1 N–H and O–H groups in total. The number of thioether (sulfide) groups is 1. The third-order valence-electron chi connectivity index (χ3n) is 4.88. The largest absolute Gasteiger partial charge is 0.361 e. The number of aromatic nitrogens is 3. The Hall–Kier alpha value is -2.91. The Morgan fingerprint density at radius 1 is 1.20 bits per heavy atom. The lowest BCUT2D eigenvalue weighted by Gasteiger charge is -2.33. The zero-order valence-corrected chi connectivity index (χ0v) is 17.9. The Morgan fingerprint density at radius 2 is 2.03 bits per heavy atom. The van der Waals surface area contributed by atoms with Crippen LogP contribution in [0.3, 0.4) is 0 Å². The summed E-state index contributed by atoms with van der Waals surface area (Å²) in [5.74, 6) is 2.06.